The molecule has 0 bridgehead atoms. The third-order valence-corrected chi connectivity index (χ3v) is 3.37. The molecular weight excluding hydrogens is 274 g/mol. The largest absolute Gasteiger partial charge is 0.435 e. The molecule has 0 fully saturated rings. The molecule has 0 heterocycles. The number of alkyl halides is 2. The van der Waals surface area contributed by atoms with Gasteiger partial charge in [-0.1, -0.05) is 19.1 Å². The average Bonchev–Trinajstić information content (AvgIpc) is 2.45. The molecule has 0 amide bonds. The highest BCUT2D eigenvalue weighted by Gasteiger charge is 2.10. The van der Waals surface area contributed by atoms with Crippen LogP contribution in [0.15, 0.2) is 24.3 Å². The number of nitrogens with one attached hydrogen (secondary N) is 1. The van der Waals surface area contributed by atoms with Crippen molar-refractivity contribution in [1.82, 2.24) is 5.32 Å². The summed E-state index contributed by atoms with van der Waals surface area (Å²) in [4.78, 5) is 0. The Morgan fingerprint density at radius 3 is 2.48 bits per heavy atom. The Morgan fingerprint density at radius 2 is 1.95 bits per heavy atom. The van der Waals surface area contributed by atoms with E-state index in [-0.39, 0.29) is 11.8 Å². The van der Waals surface area contributed by atoms with Crippen molar-refractivity contribution >= 4 is 0 Å². The Morgan fingerprint density at radius 1 is 1.29 bits per heavy atom. The van der Waals surface area contributed by atoms with E-state index in [0.29, 0.717) is 12.5 Å². The van der Waals surface area contributed by atoms with Gasteiger partial charge in [0.25, 0.3) is 0 Å². The van der Waals surface area contributed by atoms with Crippen molar-refractivity contribution in [2.75, 3.05) is 0 Å². The Balaban J connectivity index is 2.39. The summed E-state index contributed by atoms with van der Waals surface area (Å²) in [6.07, 6.45) is 3.22. The summed E-state index contributed by atoms with van der Waals surface area (Å²) < 4.78 is 28.4. The van der Waals surface area contributed by atoms with Gasteiger partial charge in [0.2, 0.25) is 0 Å². The SMILES string of the molecule is CCC(CC#N)NC(C)CCc1ccc(OC(F)F)cc1. The van der Waals surface area contributed by atoms with E-state index in [0.717, 1.165) is 24.8 Å². The van der Waals surface area contributed by atoms with E-state index >= 15 is 0 Å². The first-order valence-electron chi connectivity index (χ1n) is 7.21. The number of hydrogen-bond acceptors (Lipinski definition) is 3. The molecule has 21 heavy (non-hydrogen) atoms. The molecule has 2 unspecified atom stereocenters. The van der Waals surface area contributed by atoms with Gasteiger partial charge in [0.15, 0.2) is 0 Å². The van der Waals surface area contributed by atoms with E-state index in [4.69, 9.17) is 5.26 Å². The lowest BCUT2D eigenvalue weighted by Crippen LogP contribution is -2.36. The van der Waals surface area contributed by atoms with Crippen LogP contribution in [-0.2, 0) is 6.42 Å². The second-order valence-electron chi connectivity index (χ2n) is 5.10. The molecule has 1 N–H and O–H groups in total. The zero-order chi connectivity index (χ0) is 15.7. The van der Waals surface area contributed by atoms with Crippen LogP contribution in [0.25, 0.3) is 0 Å². The molecule has 5 heteroatoms. The highest BCUT2D eigenvalue weighted by atomic mass is 19.3. The highest BCUT2D eigenvalue weighted by molar-refractivity contribution is 5.27. The number of aryl methyl sites for hydroxylation is 1. The number of ether oxygens (including phenoxy) is 1. The lowest BCUT2D eigenvalue weighted by Gasteiger charge is -2.20. The van der Waals surface area contributed by atoms with Gasteiger partial charge in [-0.3, -0.25) is 0 Å². The fourth-order valence-electron chi connectivity index (χ4n) is 2.14. The molecule has 0 aliphatic rings. The van der Waals surface area contributed by atoms with Crippen molar-refractivity contribution in [3.05, 3.63) is 29.8 Å². The van der Waals surface area contributed by atoms with Gasteiger partial charge in [-0.15, -0.1) is 0 Å². The van der Waals surface area contributed by atoms with Gasteiger partial charge in [-0.2, -0.15) is 14.0 Å². The number of nitrogens with zero attached hydrogens (tertiary/aromatic N) is 1. The van der Waals surface area contributed by atoms with Gasteiger partial charge in [0.1, 0.15) is 5.75 Å². The summed E-state index contributed by atoms with van der Waals surface area (Å²) in [7, 11) is 0. The Labute approximate surface area is 124 Å². The number of rotatable bonds is 9. The first-order chi connectivity index (χ1) is 10.0. The zero-order valence-electron chi connectivity index (χ0n) is 12.5. The van der Waals surface area contributed by atoms with Crippen LogP contribution in [0.2, 0.25) is 0 Å². The predicted molar refractivity (Wildman–Crippen MR) is 78.3 cm³/mol. The summed E-state index contributed by atoms with van der Waals surface area (Å²) in [6, 6.07) is 9.44. The number of halogens is 2. The summed E-state index contributed by atoms with van der Waals surface area (Å²) in [5, 5.41) is 12.2. The van der Waals surface area contributed by atoms with Crippen molar-refractivity contribution in [2.45, 2.75) is 58.2 Å². The van der Waals surface area contributed by atoms with Crippen molar-refractivity contribution < 1.29 is 13.5 Å². The second kappa shape index (κ2) is 9.30. The number of hydrogen-bond donors (Lipinski definition) is 1. The maximum atomic E-state index is 12.0. The standard InChI is InChI=1S/C16H22F2N2O/c1-3-14(10-11-19)20-12(2)4-5-13-6-8-15(9-7-13)21-16(17)18/h6-9,12,14,16,20H,3-5,10H2,1-2H3. The van der Waals surface area contributed by atoms with Gasteiger partial charge >= 0.3 is 6.61 Å². The molecule has 116 valence electrons. The first-order valence-corrected chi connectivity index (χ1v) is 7.21. The minimum absolute atomic E-state index is 0.181. The Bertz CT molecular complexity index is 443. The quantitative estimate of drug-likeness (QED) is 0.752. The van der Waals surface area contributed by atoms with Crippen molar-refractivity contribution in [3.63, 3.8) is 0 Å². The topological polar surface area (TPSA) is 45.0 Å². The molecule has 1 rings (SSSR count). The molecule has 0 saturated carbocycles. The predicted octanol–water partition coefficient (Wildman–Crippen LogP) is 3.89. The Hall–Kier alpha value is -1.67. The van der Waals surface area contributed by atoms with Crippen LogP contribution in [0.3, 0.4) is 0 Å². The van der Waals surface area contributed by atoms with Gasteiger partial charge in [0.05, 0.1) is 12.5 Å². The zero-order valence-corrected chi connectivity index (χ0v) is 12.5. The van der Waals surface area contributed by atoms with Gasteiger partial charge in [0, 0.05) is 12.1 Å². The molecule has 0 aliphatic carbocycles. The van der Waals surface area contributed by atoms with Crippen LogP contribution in [0.1, 0.15) is 38.7 Å². The van der Waals surface area contributed by atoms with Crippen LogP contribution in [0.5, 0.6) is 5.75 Å². The minimum Gasteiger partial charge on any atom is -0.435 e. The molecule has 3 nitrogen and oxygen atoms in total. The van der Waals surface area contributed by atoms with E-state index in [9.17, 15) is 8.78 Å². The van der Waals surface area contributed by atoms with Crippen LogP contribution >= 0.6 is 0 Å². The summed E-state index contributed by atoms with van der Waals surface area (Å²) >= 11 is 0. The first kappa shape index (κ1) is 17.4. The van der Waals surface area contributed by atoms with Crippen LogP contribution in [-0.4, -0.2) is 18.7 Å². The molecular formula is C16H22F2N2O. The minimum atomic E-state index is -2.79. The average molecular weight is 296 g/mol. The van der Waals surface area contributed by atoms with Crippen LogP contribution in [0.4, 0.5) is 8.78 Å². The normalized spacial score (nSPS) is 13.7. The fraction of sp³-hybridized carbons (Fsp3) is 0.562. The van der Waals surface area contributed by atoms with Crippen LogP contribution in [0, 0.1) is 11.3 Å². The van der Waals surface area contributed by atoms with E-state index in [1.54, 1.807) is 24.3 Å². The molecule has 0 aromatic heterocycles. The van der Waals surface area contributed by atoms with E-state index < -0.39 is 6.61 Å². The van der Waals surface area contributed by atoms with Crippen molar-refractivity contribution in [2.24, 2.45) is 0 Å². The third-order valence-electron chi connectivity index (χ3n) is 3.37. The molecule has 0 saturated heterocycles. The fourth-order valence-corrected chi connectivity index (χ4v) is 2.14. The molecule has 0 radical (unpaired) electrons. The molecule has 1 aromatic rings. The summed E-state index contributed by atoms with van der Waals surface area (Å²) in [5.74, 6) is 0.181. The van der Waals surface area contributed by atoms with E-state index in [2.05, 4.69) is 30.0 Å². The second-order valence-corrected chi connectivity index (χ2v) is 5.10. The van der Waals surface area contributed by atoms with Crippen molar-refractivity contribution in [3.8, 4) is 11.8 Å². The number of nitriles is 1. The monoisotopic (exact) mass is 296 g/mol. The molecule has 2 atom stereocenters. The maximum Gasteiger partial charge on any atom is 0.387 e. The van der Waals surface area contributed by atoms with Crippen molar-refractivity contribution in [1.29, 1.82) is 5.26 Å². The summed E-state index contributed by atoms with van der Waals surface area (Å²) in [5.41, 5.74) is 1.08. The highest BCUT2D eigenvalue weighted by Crippen LogP contribution is 2.16. The lowest BCUT2D eigenvalue weighted by atomic mass is 10.0. The van der Waals surface area contributed by atoms with Gasteiger partial charge in [-0.25, -0.2) is 0 Å². The molecule has 0 spiro atoms. The van der Waals surface area contributed by atoms with Gasteiger partial charge in [-0.05, 0) is 43.9 Å². The maximum absolute atomic E-state index is 12.0. The third kappa shape index (κ3) is 7.05. The Kier molecular flexibility index (Phi) is 7.70. The van der Waals surface area contributed by atoms with Gasteiger partial charge < -0.3 is 10.1 Å². The smallest absolute Gasteiger partial charge is 0.387 e. The van der Waals surface area contributed by atoms with Crippen LogP contribution < -0.4 is 10.1 Å². The molecule has 0 aliphatic heterocycles. The molecule has 1 aromatic carbocycles. The van der Waals surface area contributed by atoms with E-state index in [1.165, 1.54) is 0 Å². The number of benzene rings is 1. The van der Waals surface area contributed by atoms with E-state index in [1.807, 2.05) is 0 Å². The summed E-state index contributed by atoms with van der Waals surface area (Å²) in [6.45, 7) is 1.36. The lowest BCUT2D eigenvalue weighted by molar-refractivity contribution is -0.0498.